The molecule has 2 N–H and O–H groups in total. The summed E-state index contributed by atoms with van der Waals surface area (Å²) in [5.41, 5.74) is 7.01. The summed E-state index contributed by atoms with van der Waals surface area (Å²) in [6.45, 7) is 5.89. The van der Waals surface area contributed by atoms with Crippen molar-refractivity contribution < 1.29 is 0 Å². The van der Waals surface area contributed by atoms with Crippen LogP contribution in [-0.2, 0) is 0 Å². The highest BCUT2D eigenvalue weighted by atomic mass is 15.2. The van der Waals surface area contributed by atoms with Gasteiger partial charge in [-0.05, 0) is 36.9 Å². The Bertz CT molecular complexity index is 381. The zero-order valence-corrected chi connectivity index (χ0v) is 11.7. The van der Waals surface area contributed by atoms with E-state index in [1.54, 1.807) is 0 Å². The van der Waals surface area contributed by atoms with Crippen LogP contribution in [0.1, 0.15) is 44.7 Å². The van der Waals surface area contributed by atoms with Crippen LogP contribution in [0.5, 0.6) is 0 Å². The molecule has 0 spiro atoms. The van der Waals surface area contributed by atoms with Crippen LogP contribution in [0.4, 0.5) is 5.82 Å². The molecule has 0 unspecified atom stereocenters. The molecule has 1 heterocycles. The Balaban J connectivity index is 2.00. The number of nitrogens with zero attached hydrogens (tertiary/aromatic N) is 3. The average molecular weight is 248 g/mol. The maximum atomic E-state index is 5.76. The second-order valence-corrected chi connectivity index (χ2v) is 6.17. The minimum absolute atomic E-state index is 0.100. The molecule has 2 rings (SSSR count). The van der Waals surface area contributed by atoms with Gasteiger partial charge in [-0.15, -0.1) is 5.10 Å². The molecule has 18 heavy (non-hydrogen) atoms. The van der Waals surface area contributed by atoms with E-state index in [1.807, 2.05) is 7.05 Å². The van der Waals surface area contributed by atoms with Crippen LogP contribution < -0.4 is 10.6 Å². The lowest BCUT2D eigenvalue weighted by atomic mass is 9.83. The zero-order valence-electron chi connectivity index (χ0n) is 11.7. The van der Waals surface area contributed by atoms with E-state index in [4.69, 9.17) is 5.73 Å². The quantitative estimate of drug-likeness (QED) is 0.867. The number of nitrogens with two attached hydrogens (primary N) is 1. The number of anilines is 1. The normalized spacial score (nSPS) is 16.4. The van der Waals surface area contributed by atoms with Gasteiger partial charge in [-0.1, -0.05) is 20.3 Å². The first-order chi connectivity index (χ1) is 8.52. The fourth-order valence-electron chi connectivity index (χ4n) is 2.25. The van der Waals surface area contributed by atoms with Crippen LogP contribution in [0.25, 0.3) is 0 Å². The largest absolute Gasteiger partial charge is 0.358 e. The first-order valence-electron chi connectivity index (χ1n) is 6.77. The lowest BCUT2D eigenvalue weighted by molar-refractivity contribution is 0.383. The molecule has 0 radical (unpaired) electrons. The molecule has 0 amide bonds. The van der Waals surface area contributed by atoms with E-state index >= 15 is 0 Å². The number of hydrogen-bond donors (Lipinski definition) is 1. The summed E-state index contributed by atoms with van der Waals surface area (Å²) in [5.74, 6) is 1.58. The highest BCUT2D eigenvalue weighted by Crippen LogP contribution is 2.35. The Labute approximate surface area is 110 Å². The summed E-state index contributed by atoms with van der Waals surface area (Å²) in [5, 5.41) is 8.69. The second kappa shape index (κ2) is 5.22. The van der Waals surface area contributed by atoms with E-state index in [1.165, 1.54) is 19.3 Å². The van der Waals surface area contributed by atoms with Crippen LogP contribution in [0.15, 0.2) is 12.1 Å². The van der Waals surface area contributed by atoms with Gasteiger partial charge in [0.1, 0.15) is 0 Å². The average Bonchev–Trinajstić information content (AvgIpc) is 2.27. The van der Waals surface area contributed by atoms with Crippen LogP contribution in [0, 0.1) is 5.41 Å². The van der Waals surface area contributed by atoms with Crippen molar-refractivity contribution in [3.63, 3.8) is 0 Å². The van der Waals surface area contributed by atoms with Crippen molar-refractivity contribution >= 4 is 5.82 Å². The standard InChI is InChI=1S/C14H24N4/c1-14(2,9-15)10-18(3)13-8-7-12(16-17-13)11-5-4-6-11/h7-8,11H,4-6,9-10,15H2,1-3H3. The number of rotatable bonds is 5. The molecule has 1 saturated carbocycles. The van der Waals surface area contributed by atoms with E-state index in [2.05, 4.69) is 41.1 Å². The van der Waals surface area contributed by atoms with Gasteiger partial charge in [0, 0.05) is 19.5 Å². The Hall–Kier alpha value is -1.16. The number of hydrogen-bond acceptors (Lipinski definition) is 4. The molecule has 1 aromatic heterocycles. The first-order valence-corrected chi connectivity index (χ1v) is 6.77. The molecular weight excluding hydrogens is 224 g/mol. The topological polar surface area (TPSA) is 55.0 Å². The van der Waals surface area contributed by atoms with Crippen LogP contribution in [0.2, 0.25) is 0 Å². The molecular formula is C14H24N4. The van der Waals surface area contributed by atoms with Crippen molar-refractivity contribution in [2.24, 2.45) is 11.1 Å². The van der Waals surface area contributed by atoms with Gasteiger partial charge in [0.15, 0.2) is 5.82 Å². The Morgan fingerprint density at radius 3 is 2.50 bits per heavy atom. The Morgan fingerprint density at radius 1 is 1.33 bits per heavy atom. The van der Waals surface area contributed by atoms with E-state index in [9.17, 15) is 0 Å². The molecule has 0 atom stereocenters. The monoisotopic (exact) mass is 248 g/mol. The van der Waals surface area contributed by atoms with E-state index in [-0.39, 0.29) is 5.41 Å². The molecule has 0 bridgehead atoms. The van der Waals surface area contributed by atoms with Gasteiger partial charge in [-0.25, -0.2) is 0 Å². The third-order valence-corrected chi connectivity index (χ3v) is 3.80. The predicted octanol–water partition coefficient (Wildman–Crippen LogP) is 2.17. The molecule has 1 aromatic rings. The predicted molar refractivity (Wildman–Crippen MR) is 74.7 cm³/mol. The number of aromatic nitrogens is 2. The fraction of sp³-hybridized carbons (Fsp3) is 0.714. The Morgan fingerprint density at radius 2 is 2.06 bits per heavy atom. The maximum absolute atomic E-state index is 5.76. The molecule has 4 nitrogen and oxygen atoms in total. The Kier molecular flexibility index (Phi) is 3.85. The van der Waals surface area contributed by atoms with Crippen LogP contribution in [0.3, 0.4) is 0 Å². The van der Waals surface area contributed by atoms with Crippen molar-refractivity contribution in [1.82, 2.24) is 10.2 Å². The minimum Gasteiger partial charge on any atom is -0.358 e. The zero-order chi connectivity index (χ0) is 13.2. The lowest BCUT2D eigenvalue weighted by Crippen LogP contribution is -2.37. The van der Waals surface area contributed by atoms with E-state index in [0.29, 0.717) is 12.5 Å². The highest BCUT2D eigenvalue weighted by Gasteiger charge is 2.22. The summed E-state index contributed by atoms with van der Waals surface area (Å²) in [6, 6.07) is 4.20. The maximum Gasteiger partial charge on any atom is 0.151 e. The second-order valence-electron chi connectivity index (χ2n) is 6.17. The van der Waals surface area contributed by atoms with Crippen LogP contribution >= 0.6 is 0 Å². The molecule has 0 saturated heterocycles. The van der Waals surface area contributed by atoms with Gasteiger partial charge in [0.05, 0.1) is 5.69 Å². The molecule has 4 heteroatoms. The minimum atomic E-state index is 0.100. The van der Waals surface area contributed by atoms with Gasteiger partial charge in [-0.2, -0.15) is 5.10 Å². The molecule has 1 fully saturated rings. The van der Waals surface area contributed by atoms with Gasteiger partial charge >= 0.3 is 0 Å². The van der Waals surface area contributed by atoms with E-state index < -0.39 is 0 Å². The van der Waals surface area contributed by atoms with Crippen LogP contribution in [-0.4, -0.2) is 30.3 Å². The molecule has 100 valence electrons. The first kappa shape index (κ1) is 13.3. The van der Waals surface area contributed by atoms with Gasteiger partial charge in [-0.3, -0.25) is 0 Å². The van der Waals surface area contributed by atoms with Gasteiger partial charge < -0.3 is 10.6 Å². The van der Waals surface area contributed by atoms with Crippen molar-refractivity contribution in [3.8, 4) is 0 Å². The summed E-state index contributed by atoms with van der Waals surface area (Å²) < 4.78 is 0. The van der Waals surface area contributed by atoms with Crippen molar-refractivity contribution in [2.45, 2.75) is 39.0 Å². The molecule has 1 aliphatic carbocycles. The summed E-state index contributed by atoms with van der Waals surface area (Å²) >= 11 is 0. The molecule has 1 aliphatic rings. The smallest absolute Gasteiger partial charge is 0.151 e. The summed E-state index contributed by atoms with van der Waals surface area (Å²) in [7, 11) is 2.05. The van der Waals surface area contributed by atoms with E-state index in [0.717, 1.165) is 18.1 Å². The van der Waals surface area contributed by atoms with Gasteiger partial charge in [0.25, 0.3) is 0 Å². The highest BCUT2D eigenvalue weighted by molar-refractivity contribution is 5.37. The third kappa shape index (κ3) is 2.99. The van der Waals surface area contributed by atoms with Crippen molar-refractivity contribution in [2.75, 3.05) is 25.0 Å². The van der Waals surface area contributed by atoms with Crippen molar-refractivity contribution in [3.05, 3.63) is 17.8 Å². The fourth-order valence-corrected chi connectivity index (χ4v) is 2.25. The third-order valence-electron chi connectivity index (χ3n) is 3.80. The lowest BCUT2D eigenvalue weighted by Gasteiger charge is -2.30. The van der Waals surface area contributed by atoms with Gasteiger partial charge in [0.2, 0.25) is 0 Å². The van der Waals surface area contributed by atoms with Crippen molar-refractivity contribution in [1.29, 1.82) is 0 Å². The molecule has 0 aromatic carbocycles. The summed E-state index contributed by atoms with van der Waals surface area (Å²) in [4.78, 5) is 2.13. The SMILES string of the molecule is CN(CC(C)(C)CN)c1ccc(C2CCC2)nn1. The molecule has 0 aliphatic heterocycles. The summed E-state index contributed by atoms with van der Waals surface area (Å²) in [6.07, 6.45) is 3.87.